The lowest BCUT2D eigenvalue weighted by Crippen LogP contribution is -2.22. The number of carbonyl (C=O) groups is 2. The van der Waals surface area contributed by atoms with Gasteiger partial charge in [-0.25, -0.2) is 4.79 Å². The molecule has 27 heavy (non-hydrogen) atoms. The molecule has 0 radical (unpaired) electrons. The minimum absolute atomic E-state index is 0.175. The Morgan fingerprint density at radius 1 is 0.889 bits per heavy atom. The van der Waals surface area contributed by atoms with Crippen molar-refractivity contribution in [3.8, 4) is 0 Å². The van der Waals surface area contributed by atoms with E-state index in [-0.39, 0.29) is 11.9 Å². The number of amides is 1. The van der Waals surface area contributed by atoms with E-state index in [1.54, 1.807) is 24.3 Å². The Labute approximate surface area is 161 Å². The number of carbonyl (C=O) groups excluding carboxylic acids is 2. The van der Waals surface area contributed by atoms with Gasteiger partial charge in [0.25, 0.3) is 5.91 Å². The smallest absolute Gasteiger partial charge is 0.338 e. The summed E-state index contributed by atoms with van der Waals surface area (Å²) in [7, 11) is 0. The first-order valence-corrected chi connectivity index (χ1v) is 9.47. The second kappa shape index (κ2) is 10.5. The van der Waals surface area contributed by atoms with E-state index in [0.717, 1.165) is 26.1 Å². The quantitative estimate of drug-likeness (QED) is 0.669. The Kier molecular flexibility index (Phi) is 8.01. The van der Waals surface area contributed by atoms with Gasteiger partial charge in [0.05, 0.1) is 12.2 Å². The molecule has 1 amide bonds. The molecule has 0 atom stereocenters. The van der Waals surface area contributed by atoms with Gasteiger partial charge in [-0.1, -0.05) is 32.9 Å². The Morgan fingerprint density at radius 3 is 2.04 bits per heavy atom. The molecule has 0 heterocycles. The van der Waals surface area contributed by atoms with Crippen LogP contribution in [0.2, 0.25) is 0 Å². The van der Waals surface area contributed by atoms with Gasteiger partial charge in [0, 0.05) is 17.8 Å². The third-order valence-corrected chi connectivity index (χ3v) is 4.33. The number of nitrogens with one attached hydrogen (secondary N) is 1. The standard InChI is InChI=1S/C22H28N2O3/c1-4-15-27-22(26)19-11-13-20(14-12-19)23-21(25)18-9-7-17(8-10-18)16-24(5-2)6-3/h7-14H,4-6,15-16H2,1-3H3,(H,23,25). The van der Waals surface area contributed by atoms with E-state index in [4.69, 9.17) is 4.74 Å². The van der Waals surface area contributed by atoms with Crippen molar-refractivity contribution in [3.05, 3.63) is 65.2 Å². The molecule has 0 saturated heterocycles. The van der Waals surface area contributed by atoms with Crippen molar-refractivity contribution >= 4 is 17.6 Å². The van der Waals surface area contributed by atoms with Crippen LogP contribution >= 0.6 is 0 Å². The molecule has 2 rings (SSSR count). The van der Waals surface area contributed by atoms with Gasteiger partial charge in [0.2, 0.25) is 0 Å². The Morgan fingerprint density at radius 2 is 1.48 bits per heavy atom. The van der Waals surface area contributed by atoms with E-state index in [1.165, 1.54) is 5.56 Å². The summed E-state index contributed by atoms with van der Waals surface area (Å²) in [5.41, 5.74) is 2.90. The van der Waals surface area contributed by atoms with Crippen molar-refractivity contribution in [1.82, 2.24) is 4.90 Å². The number of hydrogen-bond acceptors (Lipinski definition) is 4. The minimum atomic E-state index is -0.349. The fourth-order valence-electron chi connectivity index (χ4n) is 2.64. The Balaban J connectivity index is 1.95. The van der Waals surface area contributed by atoms with Crippen LogP contribution < -0.4 is 5.32 Å². The molecule has 144 valence electrons. The molecule has 0 aliphatic heterocycles. The SMILES string of the molecule is CCCOC(=O)c1ccc(NC(=O)c2ccc(CN(CC)CC)cc2)cc1. The van der Waals surface area contributed by atoms with Crippen molar-refractivity contribution in [1.29, 1.82) is 0 Å². The number of hydrogen-bond donors (Lipinski definition) is 1. The molecule has 2 aromatic carbocycles. The lowest BCUT2D eigenvalue weighted by atomic mass is 10.1. The number of anilines is 1. The monoisotopic (exact) mass is 368 g/mol. The van der Waals surface area contributed by atoms with Crippen molar-refractivity contribution in [2.24, 2.45) is 0 Å². The van der Waals surface area contributed by atoms with E-state index in [1.807, 2.05) is 31.2 Å². The van der Waals surface area contributed by atoms with Crippen LogP contribution in [0.15, 0.2) is 48.5 Å². The van der Waals surface area contributed by atoms with Gasteiger partial charge in [-0.15, -0.1) is 0 Å². The topological polar surface area (TPSA) is 58.6 Å². The third kappa shape index (κ3) is 6.22. The molecular formula is C22H28N2O3. The zero-order chi connectivity index (χ0) is 19.6. The van der Waals surface area contributed by atoms with Crippen LogP contribution in [0.5, 0.6) is 0 Å². The highest BCUT2D eigenvalue weighted by atomic mass is 16.5. The van der Waals surface area contributed by atoms with Crippen molar-refractivity contribution in [3.63, 3.8) is 0 Å². The summed E-state index contributed by atoms with van der Waals surface area (Å²) in [4.78, 5) is 26.5. The lowest BCUT2D eigenvalue weighted by molar-refractivity contribution is 0.0505. The van der Waals surface area contributed by atoms with Crippen LogP contribution in [-0.2, 0) is 11.3 Å². The molecule has 0 aliphatic rings. The molecule has 0 aliphatic carbocycles. The van der Waals surface area contributed by atoms with Crippen LogP contribution in [0.4, 0.5) is 5.69 Å². The van der Waals surface area contributed by atoms with Gasteiger partial charge < -0.3 is 10.1 Å². The first-order valence-electron chi connectivity index (χ1n) is 9.47. The maximum atomic E-state index is 12.4. The molecule has 2 aromatic rings. The number of benzene rings is 2. The highest BCUT2D eigenvalue weighted by Crippen LogP contribution is 2.14. The molecular weight excluding hydrogens is 340 g/mol. The number of ether oxygens (including phenoxy) is 1. The molecule has 0 fully saturated rings. The molecule has 5 nitrogen and oxygen atoms in total. The van der Waals surface area contributed by atoms with Gasteiger partial charge in [-0.05, 0) is 61.5 Å². The minimum Gasteiger partial charge on any atom is -0.462 e. The van der Waals surface area contributed by atoms with E-state index in [0.29, 0.717) is 23.4 Å². The van der Waals surface area contributed by atoms with Gasteiger partial charge in [-0.2, -0.15) is 0 Å². The van der Waals surface area contributed by atoms with Crippen molar-refractivity contribution in [2.75, 3.05) is 25.0 Å². The van der Waals surface area contributed by atoms with Crippen LogP contribution in [-0.4, -0.2) is 36.5 Å². The second-order valence-corrected chi connectivity index (χ2v) is 6.33. The first kappa shape index (κ1) is 20.6. The number of rotatable bonds is 9. The summed E-state index contributed by atoms with van der Waals surface area (Å²) in [5, 5.41) is 2.85. The molecule has 1 N–H and O–H groups in total. The average Bonchev–Trinajstić information content (AvgIpc) is 2.71. The van der Waals surface area contributed by atoms with Crippen LogP contribution in [0.25, 0.3) is 0 Å². The highest BCUT2D eigenvalue weighted by molar-refractivity contribution is 6.04. The number of nitrogens with zero attached hydrogens (tertiary/aromatic N) is 1. The summed E-state index contributed by atoms with van der Waals surface area (Å²) in [5.74, 6) is -0.524. The fourth-order valence-corrected chi connectivity index (χ4v) is 2.64. The van der Waals surface area contributed by atoms with Gasteiger partial charge >= 0.3 is 5.97 Å². The van der Waals surface area contributed by atoms with Crippen molar-refractivity contribution < 1.29 is 14.3 Å². The summed E-state index contributed by atoms with van der Waals surface area (Å²) in [6.07, 6.45) is 0.785. The zero-order valence-electron chi connectivity index (χ0n) is 16.3. The molecule has 0 unspecified atom stereocenters. The predicted molar refractivity (Wildman–Crippen MR) is 108 cm³/mol. The molecule has 0 bridgehead atoms. The first-order chi connectivity index (χ1) is 13.1. The Hall–Kier alpha value is -2.66. The third-order valence-electron chi connectivity index (χ3n) is 4.33. The van der Waals surface area contributed by atoms with Crippen molar-refractivity contribution in [2.45, 2.75) is 33.7 Å². The summed E-state index contributed by atoms with van der Waals surface area (Å²) in [6, 6.07) is 14.4. The summed E-state index contributed by atoms with van der Waals surface area (Å²) in [6.45, 7) is 9.51. The zero-order valence-corrected chi connectivity index (χ0v) is 16.3. The Bertz CT molecular complexity index is 735. The van der Waals surface area contributed by atoms with E-state index >= 15 is 0 Å². The maximum Gasteiger partial charge on any atom is 0.338 e. The van der Waals surface area contributed by atoms with Crippen LogP contribution in [0, 0.1) is 0 Å². The maximum absolute atomic E-state index is 12.4. The fraction of sp³-hybridized carbons (Fsp3) is 0.364. The van der Waals surface area contributed by atoms with Gasteiger partial charge in [0.15, 0.2) is 0 Å². The summed E-state index contributed by atoms with van der Waals surface area (Å²) < 4.78 is 5.09. The van der Waals surface area contributed by atoms with E-state index < -0.39 is 0 Å². The number of esters is 1. The highest BCUT2D eigenvalue weighted by Gasteiger charge is 2.09. The van der Waals surface area contributed by atoms with E-state index in [2.05, 4.69) is 24.1 Å². The normalized spacial score (nSPS) is 10.7. The molecule has 0 spiro atoms. The van der Waals surface area contributed by atoms with Crippen LogP contribution in [0.3, 0.4) is 0 Å². The average molecular weight is 368 g/mol. The predicted octanol–water partition coefficient (Wildman–Crippen LogP) is 4.35. The lowest BCUT2D eigenvalue weighted by Gasteiger charge is -2.18. The van der Waals surface area contributed by atoms with Gasteiger partial charge in [0.1, 0.15) is 0 Å². The molecule has 0 saturated carbocycles. The molecule has 0 aromatic heterocycles. The largest absolute Gasteiger partial charge is 0.462 e. The van der Waals surface area contributed by atoms with Crippen LogP contribution in [0.1, 0.15) is 53.5 Å². The molecule has 5 heteroatoms. The summed E-state index contributed by atoms with van der Waals surface area (Å²) >= 11 is 0. The second-order valence-electron chi connectivity index (χ2n) is 6.33. The van der Waals surface area contributed by atoms with E-state index in [9.17, 15) is 9.59 Å². The van der Waals surface area contributed by atoms with Gasteiger partial charge in [-0.3, -0.25) is 9.69 Å².